The number of hydrogen-bond acceptors (Lipinski definition) is 5. The number of pyridine rings is 1. The molecule has 3 aromatic rings. The smallest absolute Gasteiger partial charge is 0.268 e. The second kappa shape index (κ2) is 7.06. The largest absolute Gasteiger partial charge is 0.272 e. The molecule has 4 rings (SSSR count). The van der Waals surface area contributed by atoms with Gasteiger partial charge in [0.15, 0.2) is 5.16 Å². The molecule has 126 valence electrons. The minimum Gasteiger partial charge on any atom is -0.268 e. The second-order valence-electron chi connectivity index (χ2n) is 5.93. The topological polar surface area (TPSA) is 47.8 Å². The molecule has 6 heteroatoms. The van der Waals surface area contributed by atoms with Crippen LogP contribution in [0.15, 0.2) is 69.7 Å². The van der Waals surface area contributed by atoms with Crippen molar-refractivity contribution >= 4 is 23.5 Å². The van der Waals surface area contributed by atoms with Crippen LogP contribution in [0.1, 0.15) is 18.2 Å². The van der Waals surface area contributed by atoms with E-state index in [1.54, 1.807) is 34.3 Å². The Hall–Kier alpha value is -2.05. The fraction of sp³-hybridized carbons (Fsp3) is 0.211. The Kier molecular flexibility index (Phi) is 4.63. The van der Waals surface area contributed by atoms with Crippen LogP contribution < -0.4 is 5.56 Å². The quantitative estimate of drug-likeness (QED) is 0.516. The number of aromatic nitrogens is 3. The fourth-order valence-electron chi connectivity index (χ4n) is 2.83. The first kappa shape index (κ1) is 16.4. The molecule has 1 aromatic carbocycles. The number of rotatable bonds is 4. The fourth-order valence-corrected chi connectivity index (χ4v) is 4.89. The lowest BCUT2D eigenvalue weighted by molar-refractivity contribution is 0.731. The van der Waals surface area contributed by atoms with Crippen molar-refractivity contribution in [2.45, 2.75) is 34.4 Å². The molecule has 1 unspecified atom stereocenters. The third-order valence-corrected chi connectivity index (χ3v) is 6.21. The molecule has 0 bridgehead atoms. The van der Waals surface area contributed by atoms with Gasteiger partial charge in [-0.25, -0.2) is 4.98 Å². The normalized spacial score (nSPS) is 16.0. The SMILES string of the molecule is CC1Cc2nc(SCc3cccnc3)n(-c3ccccc3)c(=O)c2S1. The van der Waals surface area contributed by atoms with Crippen LogP contribution in [-0.2, 0) is 12.2 Å². The molecule has 0 aliphatic carbocycles. The Morgan fingerprint density at radius 3 is 2.84 bits per heavy atom. The van der Waals surface area contributed by atoms with Gasteiger partial charge < -0.3 is 0 Å². The molecule has 3 heterocycles. The zero-order valence-corrected chi connectivity index (χ0v) is 15.4. The first-order chi connectivity index (χ1) is 12.2. The van der Waals surface area contributed by atoms with Crippen molar-refractivity contribution in [1.82, 2.24) is 14.5 Å². The second-order valence-corrected chi connectivity index (χ2v) is 8.32. The van der Waals surface area contributed by atoms with Crippen LogP contribution in [0.5, 0.6) is 0 Å². The Bertz CT molecular complexity index is 942. The predicted octanol–water partition coefficient (Wildman–Crippen LogP) is 3.96. The summed E-state index contributed by atoms with van der Waals surface area (Å²) in [5.41, 5.74) is 2.95. The van der Waals surface area contributed by atoms with Crippen LogP contribution in [-0.4, -0.2) is 19.8 Å². The van der Waals surface area contributed by atoms with Crippen LogP contribution in [0, 0.1) is 0 Å². The van der Waals surface area contributed by atoms with Crippen LogP contribution in [0.3, 0.4) is 0 Å². The van der Waals surface area contributed by atoms with Crippen molar-refractivity contribution in [2.24, 2.45) is 0 Å². The molecular formula is C19H17N3OS2. The Morgan fingerprint density at radius 1 is 1.24 bits per heavy atom. The molecule has 0 spiro atoms. The van der Waals surface area contributed by atoms with E-state index in [1.807, 2.05) is 48.7 Å². The van der Waals surface area contributed by atoms with Crippen molar-refractivity contribution in [3.8, 4) is 5.69 Å². The van der Waals surface area contributed by atoms with Crippen molar-refractivity contribution in [1.29, 1.82) is 0 Å². The number of nitrogens with zero attached hydrogens (tertiary/aromatic N) is 3. The summed E-state index contributed by atoms with van der Waals surface area (Å²) < 4.78 is 1.74. The van der Waals surface area contributed by atoms with Gasteiger partial charge in [0.1, 0.15) is 0 Å². The minimum atomic E-state index is 0.0410. The van der Waals surface area contributed by atoms with E-state index in [-0.39, 0.29) is 5.56 Å². The van der Waals surface area contributed by atoms with Gasteiger partial charge >= 0.3 is 0 Å². The summed E-state index contributed by atoms with van der Waals surface area (Å²) in [4.78, 5) is 22.9. The average Bonchev–Trinajstić information content (AvgIpc) is 3.02. The molecule has 2 aromatic heterocycles. The number of thioether (sulfide) groups is 2. The lowest BCUT2D eigenvalue weighted by Crippen LogP contribution is -2.23. The highest BCUT2D eigenvalue weighted by Crippen LogP contribution is 2.35. The maximum Gasteiger partial charge on any atom is 0.272 e. The number of fused-ring (bicyclic) bond motifs is 1. The van der Waals surface area contributed by atoms with E-state index in [0.29, 0.717) is 5.25 Å². The Labute approximate surface area is 154 Å². The van der Waals surface area contributed by atoms with Gasteiger partial charge in [-0.15, -0.1) is 11.8 Å². The first-order valence-electron chi connectivity index (χ1n) is 8.12. The lowest BCUT2D eigenvalue weighted by atomic mass is 10.2. The highest BCUT2D eigenvalue weighted by molar-refractivity contribution is 8.00. The van der Waals surface area contributed by atoms with Crippen molar-refractivity contribution in [3.63, 3.8) is 0 Å². The number of benzene rings is 1. The summed E-state index contributed by atoms with van der Waals surface area (Å²) in [5.74, 6) is 0.731. The summed E-state index contributed by atoms with van der Waals surface area (Å²) in [6.07, 6.45) is 4.47. The van der Waals surface area contributed by atoms with Crippen LogP contribution in [0.25, 0.3) is 5.69 Å². The average molecular weight is 367 g/mol. The molecule has 0 radical (unpaired) electrons. The van der Waals surface area contributed by atoms with Crippen LogP contribution in [0.2, 0.25) is 0 Å². The van der Waals surface area contributed by atoms with E-state index in [1.165, 1.54) is 0 Å². The third kappa shape index (κ3) is 3.37. The van der Waals surface area contributed by atoms with Crippen LogP contribution >= 0.6 is 23.5 Å². The summed E-state index contributed by atoms with van der Waals surface area (Å²) >= 11 is 3.21. The van der Waals surface area contributed by atoms with Crippen LogP contribution in [0.4, 0.5) is 0 Å². The van der Waals surface area contributed by atoms with Crippen molar-refractivity contribution in [3.05, 3.63) is 76.5 Å². The zero-order valence-electron chi connectivity index (χ0n) is 13.8. The summed E-state index contributed by atoms with van der Waals surface area (Å²) in [7, 11) is 0. The lowest BCUT2D eigenvalue weighted by Gasteiger charge is -2.13. The monoisotopic (exact) mass is 367 g/mol. The standard InChI is InChI=1S/C19H17N3OS2/c1-13-10-16-17(25-13)18(23)22(15-7-3-2-4-8-15)19(21-16)24-12-14-6-5-9-20-11-14/h2-9,11,13H,10,12H2,1H3. The maximum absolute atomic E-state index is 13.1. The van der Waals surface area contributed by atoms with Gasteiger partial charge in [0.25, 0.3) is 5.56 Å². The summed E-state index contributed by atoms with van der Waals surface area (Å²) in [6.45, 7) is 2.14. The highest BCUT2D eigenvalue weighted by Gasteiger charge is 2.26. The van der Waals surface area contributed by atoms with E-state index >= 15 is 0 Å². The molecule has 0 saturated heterocycles. The molecule has 1 atom stereocenters. The molecule has 0 fully saturated rings. The molecular weight excluding hydrogens is 350 g/mol. The minimum absolute atomic E-state index is 0.0410. The van der Waals surface area contributed by atoms with E-state index in [2.05, 4.69) is 11.9 Å². The predicted molar refractivity (Wildman–Crippen MR) is 103 cm³/mol. The van der Waals surface area contributed by atoms with Gasteiger partial charge in [0.05, 0.1) is 16.3 Å². The molecule has 1 aliphatic rings. The van der Waals surface area contributed by atoms with E-state index in [4.69, 9.17) is 4.98 Å². The molecule has 0 amide bonds. The van der Waals surface area contributed by atoms with Gasteiger partial charge in [-0.2, -0.15) is 0 Å². The highest BCUT2D eigenvalue weighted by atomic mass is 32.2. The molecule has 1 aliphatic heterocycles. The van der Waals surface area contributed by atoms with E-state index < -0.39 is 0 Å². The molecule has 0 saturated carbocycles. The molecule has 4 nitrogen and oxygen atoms in total. The molecule has 0 N–H and O–H groups in total. The van der Waals surface area contributed by atoms with Gasteiger partial charge in [-0.05, 0) is 23.8 Å². The number of hydrogen-bond donors (Lipinski definition) is 0. The van der Waals surface area contributed by atoms with Crippen molar-refractivity contribution < 1.29 is 0 Å². The first-order valence-corrected chi connectivity index (χ1v) is 9.98. The van der Waals surface area contributed by atoms with E-state index in [0.717, 1.165) is 39.2 Å². The van der Waals surface area contributed by atoms with Gasteiger partial charge in [-0.1, -0.05) is 43.0 Å². The van der Waals surface area contributed by atoms with Gasteiger partial charge in [-0.3, -0.25) is 14.3 Å². The summed E-state index contributed by atoms with van der Waals surface area (Å²) in [6, 6.07) is 13.7. The zero-order chi connectivity index (χ0) is 17.2. The van der Waals surface area contributed by atoms with Crippen molar-refractivity contribution in [2.75, 3.05) is 0 Å². The maximum atomic E-state index is 13.1. The van der Waals surface area contributed by atoms with Gasteiger partial charge in [0, 0.05) is 29.8 Å². The molecule has 25 heavy (non-hydrogen) atoms. The Morgan fingerprint density at radius 2 is 2.08 bits per heavy atom. The van der Waals surface area contributed by atoms with E-state index in [9.17, 15) is 4.79 Å². The third-order valence-electron chi connectivity index (χ3n) is 3.99. The number of para-hydroxylation sites is 1. The van der Waals surface area contributed by atoms with Gasteiger partial charge in [0.2, 0.25) is 0 Å². The Balaban J connectivity index is 1.78. The summed E-state index contributed by atoms with van der Waals surface area (Å²) in [5, 5.41) is 1.14.